The molecule has 0 bridgehead atoms. The molecular weight excluding hydrogens is 247 g/mol. The zero-order valence-corrected chi connectivity index (χ0v) is 10.3. The number of halogens is 1. The van der Waals surface area contributed by atoms with Gasteiger partial charge in [0, 0.05) is 0 Å². The lowest BCUT2D eigenvalue weighted by molar-refractivity contribution is -0.154. The second-order valence-electron chi connectivity index (χ2n) is 3.93. The number of aryl methyl sites for hydroxylation is 1. The van der Waals surface area contributed by atoms with Crippen LogP contribution in [0.15, 0.2) is 23.1 Å². The van der Waals surface area contributed by atoms with E-state index < -0.39 is 16.5 Å². The molecule has 1 saturated heterocycles. The van der Waals surface area contributed by atoms with Crippen LogP contribution in [0.25, 0.3) is 0 Å². The van der Waals surface area contributed by atoms with Gasteiger partial charge >= 0.3 is 0 Å². The summed E-state index contributed by atoms with van der Waals surface area (Å²) in [7, 11) is -2.64. The number of ether oxygens (including phenoxy) is 1. The van der Waals surface area contributed by atoms with Gasteiger partial charge in [0.2, 0.25) is 6.36 Å². The van der Waals surface area contributed by atoms with Crippen LogP contribution in [0.3, 0.4) is 0 Å². The molecule has 94 valence electrons. The van der Waals surface area contributed by atoms with E-state index in [1.54, 1.807) is 6.07 Å². The van der Waals surface area contributed by atoms with Gasteiger partial charge in [-0.05, 0) is 30.2 Å². The summed E-state index contributed by atoms with van der Waals surface area (Å²) >= 11 is 0. The minimum Gasteiger partial charge on any atom is -0.347 e. The van der Waals surface area contributed by atoms with E-state index in [4.69, 9.17) is 0 Å². The predicted molar refractivity (Wildman–Crippen MR) is 59.0 cm³/mol. The first-order valence-electron chi connectivity index (χ1n) is 5.12. The molecule has 0 aliphatic carbocycles. The predicted octanol–water partition coefficient (Wildman–Crippen LogP) is 1.74. The zero-order chi connectivity index (χ0) is 12.6. The van der Waals surface area contributed by atoms with Crippen molar-refractivity contribution in [3.8, 4) is 0 Å². The van der Waals surface area contributed by atoms with Gasteiger partial charge in [0.05, 0.1) is 24.5 Å². The highest BCUT2D eigenvalue weighted by molar-refractivity contribution is 7.86. The lowest BCUT2D eigenvalue weighted by atomic mass is 9.92. The average molecular weight is 260 g/mol. The lowest BCUT2D eigenvalue weighted by Gasteiger charge is -2.32. The molecule has 4 nitrogen and oxygen atoms in total. The van der Waals surface area contributed by atoms with Crippen LogP contribution in [-0.2, 0) is 19.0 Å². The van der Waals surface area contributed by atoms with Crippen LogP contribution in [0, 0.1) is 6.92 Å². The standard InChI is InChI=1S/C11H13FO4S/c1-7-3-4-8(17(13,14)15-2)5-9(7)10-6-16-11(10)12/h3-5,10-11H,6H2,1-2H3. The molecule has 6 heteroatoms. The van der Waals surface area contributed by atoms with E-state index in [0.717, 1.165) is 12.7 Å². The Bertz CT molecular complexity index is 526. The van der Waals surface area contributed by atoms with Gasteiger partial charge in [0.25, 0.3) is 10.1 Å². The molecule has 1 aromatic carbocycles. The number of hydrogen-bond donors (Lipinski definition) is 0. The summed E-state index contributed by atoms with van der Waals surface area (Å²) in [5.41, 5.74) is 1.50. The Morgan fingerprint density at radius 1 is 1.47 bits per heavy atom. The van der Waals surface area contributed by atoms with Crippen molar-refractivity contribution in [2.75, 3.05) is 13.7 Å². The van der Waals surface area contributed by atoms with Gasteiger partial charge < -0.3 is 4.74 Å². The molecule has 17 heavy (non-hydrogen) atoms. The van der Waals surface area contributed by atoms with Crippen LogP contribution in [0.4, 0.5) is 4.39 Å². The molecule has 1 heterocycles. The largest absolute Gasteiger partial charge is 0.347 e. The fourth-order valence-electron chi connectivity index (χ4n) is 1.77. The number of rotatable bonds is 3. The molecule has 0 N–H and O–H groups in total. The molecule has 0 amide bonds. The lowest BCUT2D eigenvalue weighted by Crippen LogP contribution is -2.34. The molecule has 1 aliphatic rings. The second kappa shape index (κ2) is 4.36. The highest BCUT2D eigenvalue weighted by Gasteiger charge is 2.35. The number of benzene rings is 1. The first-order chi connectivity index (χ1) is 7.95. The summed E-state index contributed by atoms with van der Waals surface area (Å²) < 4.78 is 45.3. The van der Waals surface area contributed by atoms with Crippen LogP contribution < -0.4 is 0 Å². The quantitative estimate of drug-likeness (QED) is 0.777. The van der Waals surface area contributed by atoms with Gasteiger partial charge in [0.1, 0.15) is 0 Å². The monoisotopic (exact) mass is 260 g/mol. The normalized spacial score (nSPS) is 24.4. The van der Waals surface area contributed by atoms with Crippen molar-refractivity contribution in [2.24, 2.45) is 0 Å². The van der Waals surface area contributed by atoms with Gasteiger partial charge in [-0.3, -0.25) is 4.18 Å². The Balaban J connectivity index is 2.43. The highest BCUT2D eigenvalue weighted by Crippen LogP contribution is 2.35. The van der Waals surface area contributed by atoms with Crippen molar-refractivity contribution in [2.45, 2.75) is 24.1 Å². The van der Waals surface area contributed by atoms with Gasteiger partial charge in [-0.15, -0.1) is 0 Å². The summed E-state index contributed by atoms with van der Waals surface area (Å²) in [5.74, 6) is -0.387. The van der Waals surface area contributed by atoms with E-state index in [-0.39, 0.29) is 17.4 Å². The third-order valence-corrected chi connectivity index (χ3v) is 4.18. The maximum atomic E-state index is 13.2. The summed E-state index contributed by atoms with van der Waals surface area (Å²) in [4.78, 5) is 0.0414. The molecule has 2 rings (SSSR count). The van der Waals surface area contributed by atoms with Crippen molar-refractivity contribution in [3.05, 3.63) is 29.3 Å². The molecule has 2 atom stereocenters. The fourth-order valence-corrected chi connectivity index (χ4v) is 2.46. The Labute approximate surface area is 99.5 Å². The second-order valence-corrected chi connectivity index (χ2v) is 5.64. The Hall–Kier alpha value is -0.980. The molecule has 0 spiro atoms. The summed E-state index contributed by atoms with van der Waals surface area (Å²) in [6.07, 6.45) is -1.35. The molecule has 1 aliphatic heterocycles. The summed E-state index contributed by atoms with van der Waals surface area (Å²) in [6.45, 7) is 2.09. The highest BCUT2D eigenvalue weighted by atomic mass is 32.2. The molecule has 0 radical (unpaired) electrons. The van der Waals surface area contributed by atoms with Crippen LogP contribution >= 0.6 is 0 Å². The van der Waals surface area contributed by atoms with Crippen LogP contribution in [0.2, 0.25) is 0 Å². The van der Waals surface area contributed by atoms with Gasteiger partial charge in [0.15, 0.2) is 0 Å². The van der Waals surface area contributed by atoms with Crippen molar-refractivity contribution >= 4 is 10.1 Å². The maximum absolute atomic E-state index is 13.2. The van der Waals surface area contributed by atoms with E-state index >= 15 is 0 Å². The molecule has 2 unspecified atom stereocenters. The number of hydrogen-bond acceptors (Lipinski definition) is 4. The molecular formula is C11H13FO4S. The van der Waals surface area contributed by atoms with Crippen molar-refractivity contribution < 1.29 is 21.7 Å². The van der Waals surface area contributed by atoms with E-state index in [2.05, 4.69) is 8.92 Å². The van der Waals surface area contributed by atoms with Crippen LogP contribution in [-0.4, -0.2) is 28.5 Å². The minimum atomic E-state index is -3.74. The minimum absolute atomic E-state index is 0.0414. The van der Waals surface area contributed by atoms with Crippen molar-refractivity contribution in [3.63, 3.8) is 0 Å². The molecule has 1 fully saturated rings. The smallest absolute Gasteiger partial charge is 0.296 e. The Kier molecular flexibility index (Phi) is 3.20. The van der Waals surface area contributed by atoms with E-state index in [0.29, 0.717) is 5.56 Å². The van der Waals surface area contributed by atoms with Crippen molar-refractivity contribution in [1.82, 2.24) is 0 Å². The van der Waals surface area contributed by atoms with E-state index in [1.807, 2.05) is 6.92 Å². The van der Waals surface area contributed by atoms with Crippen molar-refractivity contribution in [1.29, 1.82) is 0 Å². The SMILES string of the molecule is COS(=O)(=O)c1ccc(C)c(C2COC2F)c1. The maximum Gasteiger partial charge on any atom is 0.296 e. The third-order valence-electron chi connectivity index (χ3n) is 2.91. The molecule has 1 aromatic rings. The van der Waals surface area contributed by atoms with Gasteiger partial charge in [-0.25, -0.2) is 4.39 Å². The van der Waals surface area contributed by atoms with Gasteiger partial charge in [-0.2, -0.15) is 8.42 Å². The Morgan fingerprint density at radius 2 is 2.18 bits per heavy atom. The molecule has 0 saturated carbocycles. The number of alkyl halides is 1. The Morgan fingerprint density at radius 3 is 2.65 bits per heavy atom. The van der Waals surface area contributed by atoms with E-state index in [9.17, 15) is 12.8 Å². The first-order valence-corrected chi connectivity index (χ1v) is 6.53. The molecule has 0 aromatic heterocycles. The fraction of sp³-hybridized carbons (Fsp3) is 0.455. The first kappa shape index (κ1) is 12.5. The summed E-state index contributed by atoms with van der Waals surface area (Å²) in [6, 6.07) is 4.55. The zero-order valence-electron chi connectivity index (χ0n) is 9.51. The third kappa shape index (κ3) is 2.20. The van der Waals surface area contributed by atoms with Crippen LogP contribution in [0.5, 0.6) is 0 Å². The van der Waals surface area contributed by atoms with E-state index in [1.165, 1.54) is 12.1 Å². The van der Waals surface area contributed by atoms with Gasteiger partial charge in [-0.1, -0.05) is 6.07 Å². The average Bonchev–Trinajstić information content (AvgIpc) is 2.29. The van der Waals surface area contributed by atoms with Crippen LogP contribution in [0.1, 0.15) is 17.0 Å². The topological polar surface area (TPSA) is 52.6 Å². The summed E-state index contributed by atoms with van der Waals surface area (Å²) in [5, 5.41) is 0.